The minimum atomic E-state index is -0.364. The first-order chi connectivity index (χ1) is 5.68. The number of nitrogens with one attached hydrogen (secondary N) is 1. The van der Waals surface area contributed by atoms with Gasteiger partial charge < -0.3 is 10.2 Å². The first-order valence-electron chi connectivity index (χ1n) is 3.29. The smallest absolute Gasteiger partial charge is 0.314 e. The van der Waals surface area contributed by atoms with Crippen molar-refractivity contribution < 1.29 is 10.2 Å². The van der Waals surface area contributed by atoms with Crippen LogP contribution in [-0.4, -0.2) is 30.4 Å². The number of aromatic nitrogens is 4. The van der Waals surface area contributed by atoms with Crippen LogP contribution in [0.2, 0.25) is 0 Å². The molecule has 3 N–H and O–H groups in total. The molecule has 0 fully saturated rings. The summed E-state index contributed by atoms with van der Waals surface area (Å²) >= 11 is 0. The van der Waals surface area contributed by atoms with E-state index >= 15 is 0 Å². The first kappa shape index (κ1) is 6.84. The lowest BCUT2D eigenvalue weighted by molar-refractivity contribution is 0.428. The van der Waals surface area contributed by atoms with Crippen LogP contribution in [0.1, 0.15) is 5.69 Å². The molecule has 2 aromatic rings. The van der Waals surface area contributed by atoms with Gasteiger partial charge in [-0.2, -0.15) is 9.97 Å². The summed E-state index contributed by atoms with van der Waals surface area (Å²) in [7, 11) is 0. The molecule has 6 nitrogen and oxygen atoms in total. The Morgan fingerprint density at radius 2 is 2.00 bits per heavy atom. The SMILES string of the molecule is Cc1nc(O)nc2c(O)n[nH]c12. The average Bonchev–Trinajstić information content (AvgIpc) is 2.33. The predicted molar refractivity (Wildman–Crippen MR) is 39.8 cm³/mol. The van der Waals surface area contributed by atoms with E-state index in [4.69, 9.17) is 10.2 Å². The molecule has 0 saturated heterocycles. The summed E-state index contributed by atoms with van der Waals surface area (Å²) in [5.74, 6) is -0.231. The quantitative estimate of drug-likeness (QED) is 0.514. The molecule has 2 rings (SSSR count). The zero-order valence-electron chi connectivity index (χ0n) is 6.24. The fraction of sp³-hybridized carbons (Fsp3) is 0.167. The summed E-state index contributed by atoms with van der Waals surface area (Å²) in [5.41, 5.74) is 1.32. The van der Waals surface area contributed by atoms with Crippen molar-refractivity contribution in [2.45, 2.75) is 6.92 Å². The Balaban J connectivity index is 2.92. The molecule has 0 saturated carbocycles. The van der Waals surface area contributed by atoms with E-state index in [0.29, 0.717) is 11.2 Å². The summed E-state index contributed by atoms with van der Waals surface area (Å²) < 4.78 is 0. The number of aromatic amines is 1. The highest BCUT2D eigenvalue weighted by Crippen LogP contribution is 2.21. The second-order valence-electron chi connectivity index (χ2n) is 2.38. The van der Waals surface area contributed by atoms with Crippen molar-refractivity contribution in [3.63, 3.8) is 0 Å². The first-order valence-corrected chi connectivity index (χ1v) is 3.29. The molecule has 2 heterocycles. The summed E-state index contributed by atoms with van der Waals surface area (Å²) in [6.45, 7) is 1.68. The number of hydrogen-bond donors (Lipinski definition) is 3. The van der Waals surface area contributed by atoms with E-state index in [0.717, 1.165) is 0 Å². The molecule has 0 aromatic carbocycles. The lowest BCUT2D eigenvalue weighted by atomic mass is 10.3. The number of H-pyrrole nitrogens is 1. The molecule has 0 aliphatic heterocycles. The summed E-state index contributed by atoms with van der Waals surface area (Å²) in [6.07, 6.45) is 0. The maximum absolute atomic E-state index is 9.12. The van der Waals surface area contributed by atoms with Gasteiger partial charge in [0.1, 0.15) is 5.52 Å². The Morgan fingerprint density at radius 1 is 1.25 bits per heavy atom. The van der Waals surface area contributed by atoms with E-state index in [-0.39, 0.29) is 17.4 Å². The highest BCUT2D eigenvalue weighted by molar-refractivity contribution is 5.81. The second-order valence-corrected chi connectivity index (χ2v) is 2.38. The molecule has 6 heteroatoms. The van der Waals surface area contributed by atoms with Gasteiger partial charge in [-0.3, -0.25) is 5.10 Å². The van der Waals surface area contributed by atoms with E-state index < -0.39 is 0 Å². The number of aryl methyl sites for hydroxylation is 1. The van der Waals surface area contributed by atoms with Gasteiger partial charge in [-0.15, -0.1) is 5.10 Å². The monoisotopic (exact) mass is 166 g/mol. The third-order valence-electron chi connectivity index (χ3n) is 1.56. The summed E-state index contributed by atoms with van der Waals surface area (Å²) in [5, 5.41) is 24.2. The van der Waals surface area contributed by atoms with Gasteiger partial charge in [0.05, 0.1) is 5.69 Å². The standard InChI is InChI=1S/C6H6N4O2/c1-2-3-4(5(11)10-9-3)8-6(12)7-2/h1H3,(H,7,8,12)(H2,9,10,11). The van der Waals surface area contributed by atoms with Crippen molar-refractivity contribution in [1.29, 1.82) is 0 Å². The molecular weight excluding hydrogens is 160 g/mol. The van der Waals surface area contributed by atoms with Crippen molar-refractivity contribution in [2.75, 3.05) is 0 Å². The fourth-order valence-electron chi connectivity index (χ4n) is 1.02. The number of hydrogen-bond acceptors (Lipinski definition) is 5. The Hall–Kier alpha value is -1.85. The third-order valence-corrected chi connectivity index (χ3v) is 1.56. The normalized spacial score (nSPS) is 10.8. The largest absolute Gasteiger partial charge is 0.491 e. The van der Waals surface area contributed by atoms with Gasteiger partial charge in [0.2, 0.25) is 0 Å². The summed E-state index contributed by atoms with van der Waals surface area (Å²) in [6, 6.07) is -0.364. The molecule has 0 unspecified atom stereocenters. The Labute approximate surface area is 66.9 Å². The topological polar surface area (TPSA) is 94.9 Å². The molecule has 0 spiro atoms. The maximum atomic E-state index is 9.12. The lowest BCUT2D eigenvalue weighted by Crippen LogP contribution is -1.86. The summed E-state index contributed by atoms with van der Waals surface area (Å²) in [4.78, 5) is 7.27. The fourth-order valence-corrected chi connectivity index (χ4v) is 1.02. The van der Waals surface area contributed by atoms with Crippen LogP contribution in [0.15, 0.2) is 0 Å². The van der Waals surface area contributed by atoms with Crippen LogP contribution in [0.4, 0.5) is 0 Å². The molecule has 0 radical (unpaired) electrons. The van der Waals surface area contributed by atoms with Crippen LogP contribution in [0.3, 0.4) is 0 Å². The van der Waals surface area contributed by atoms with E-state index in [1.165, 1.54) is 0 Å². The number of fused-ring (bicyclic) bond motifs is 1. The second kappa shape index (κ2) is 2.07. The predicted octanol–water partition coefficient (Wildman–Crippen LogP) is 0.0725. The Morgan fingerprint density at radius 3 is 2.75 bits per heavy atom. The molecule has 0 atom stereocenters. The Kier molecular flexibility index (Phi) is 1.18. The molecule has 12 heavy (non-hydrogen) atoms. The van der Waals surface area contributed by atoms with Crippen LogP contribution < -0.4 is 0 Å². The minimum absolute atomic E-state index is 0.231. The van der Waals surface area contributed by atoms with E-state index in [2.05, 4.69) is 20.2 Å². The van der Waals surface area contributed by atoms with Crippen LogP contribution in [-0.2, 0) is 0 Å². The van der Waals surface area contributed by atoms with Gasteiger partial charge in [0.15, 0.2) is 5.52 Å². The highest BCUT2D eigenvalue weighted by Gasteiger charge is 2.09. The van der Waals surface area contributed by atoms with Crippen molar-refractivity contribution >= 4 is 11.0 Å². The number of nitrogens with zero attached hydrogens (tertiary/aromatic N) is 3. The van der Waals surface area contributed by atoms with Gasteiger partial charge in [-0.25, -0.2) is 0 Å². The van der Waals surface area contributed by atoms with E-state index in [1.807, 2.05) is 0 Å². The van der Waals surface area contributed by atoms with Crippen molar-refractivity contribution in [3.05, 3.63) is 5.69 Å². The van der Waals surface area contributed by atoms with Gasteiger partial charge in [0.25, 0.3) is 5.88 Å². The van der Waals surface area contributed by atoms with Crippen molar-refractivity contribution in [3.8, 4) is 11.9 Å². The van der Waals surface area contributed by atoms with Gasteiger partial charge >= 0.3 is 6.01 Å². The van der Waals surface area contributed by atoms with Crippen molar-refractivity contribution in [1.82, 2.24) is 20.2 Å². The Bertz CT molecular complexity index is 436. The maximum Gasteiger partial charge on any atom is 0.314 e. The molecule has 0 aliphatic carbocycles. The van der Waals surface area contributed by atoms with Crippen LogP contribution in [0, 0.1) is 6.92 Å². The van der Waals surface area contributed by atoms with Crippen LogP contribution in [0.5, 0.6) is 11.9 Å². The van der Waals surface area contributed by atoms with E-state index in [9.17, 15) is 0 Å². The zero-order chi connectivity index (χ0) is 8.72. The molecule has 0 amide bonds. The molecular formula is C6H6N4O2. The highest BCUT2D eigenvalue weighted by atomic mass is 16.3. The van der Waals surface area contributed by atoms with Gasteiger partial charge in [-0.1, -0.05) is 0 Å². The van der Waals surface area contributed by atoms with Crippen molar-refractivity contribution in [2.24, 2.45) is 0 Å². The third kappa shape index (κ3) is 0.777. The van der Waals surface area contributed by atoms with Crippen LogP contribution in [0.25, 0.3) is 11.0 Å². The zero-order valence-corrected chi connectivity index (χ0v) is 6.24. The molecule has 0 bridgehead atoms. The lowest BCUT2D eigenvalue weighted by Gasteiger charge is -1.93. The molecule has 2 aromatic heterocycles. The van der Waals surface area contributed by atoms with Crippen LogP contribution >= 0.6 is 0 Å². The van der Waals surface area contributed by atoms with Gasteiger partial charge in [0, 0.05) is 0 Å². The number of aromatic hydroxyl groups is 2. The minimum Gasteiger partial charge on any atom is -0.491 e. The van der Waals surface area contributed by atoms with Gasteiger partial charge in [-0.05, 0) is 6.92 Å². The number of rotatable bonds is 0. The average molecular weight is 166 g/mol. The van der Waals surface area contributed by atoms with E-state index in [1.54, 1.807) is 6.92 Å². The molecule has 62 valence electrons. The molecule has 0 aliphatic rings.